The zero-order valence-corrected chi connectivity index (χ0v) is 15.9. The lowest BCUT2D eigenvalue weighted by atomic mass is 10.2. The summed E-state index contributed by atoms with van der Waals surface area (Å²) in [6.45, 7) is 3.06. The molecule has 0 unspecified atom stereocenters. The second-order valence-electron chi connectivity index (χ2n) is 5.17. The molecule has 10 heteroatoms. The number of carbonyl (C=O) groups is 2. The predicted octanol–water partition coefficient (Wildman–Crippen LogP) is 3.14. The molecule has 0 spiro atoms. The van der Waals surface area contributed by atoms with Gasteiger partial charge >= 0.3 is 5.97 Å². The molecule has 1 heterocycles. The molecule has 0 aliphatic heterocycles. The van der Waals surface area contributed by atoms with Crippen molar-refractivity contribution in [3.05, 3.63) is 33.4 Å². The number of nitrogens with zero attached hydrogens (tertiary/aromatic N) is 2. The SMILES string of the molecule is Cc1nn(C)c(Sc2cc(O[C@@H](C)C(=O)O)c(Cl)cc2Cl)c1C(N)=O. The van der Waals surface area contributed by atoms with Gasteiger partial charge in [0.25, 0.3) is 5.91 Å². The molecule has 1 atom stereocenters. The average Bonchev–Trinajstić information content (AvgIpc) is 2.77. The van der Waals surface area contributed by atoms with Gasteiger partial charge in [-0.25, -0.2) is 4.79 Å². The first-order valence-corrected chi connectivity index (χ1v) is 8.58. The first-order valence-electron chi connectivity index (χ1n) is 7.01. The summed E-state index contributed by atoms with van der Waals surface area (Å²) < 4.78 is 6.85. The number of aryl methyl sites for hydroxylation is 2. The molecule has 0 saturated heterocycles. The Hall–Kier alpha value is -1.90. The van der Waals surface area contributed by atoms with E-state index < -0.39 is 18.0 Å². The second-order valence-corrected chi connectivity index (χ2v) is 7.01. The molecule has 0 bridgehead atoms. The van der Waals surface area contributed by atoms with Gasteiger partial charge in [0.05, 0.1) is 21.3 Å². The maximum Gasteiger partial charge on any atom is 0.344 e. The molecule has 0 saturated carbocycles. The number of primary amides is 1. The summed E-state index contributed by atoms with van der Waals surface area (Å²) in [4.78, 5) is 23.2. The van der Waals surface area contributed by atoms with Gasteiger partial charge in [-0.3, -0.25) is 9.48 Å². The number of hydrogen-bond donors (Lipinski definition) is 2. The summed E-state index contributed by atoms with van der Waals surface area (Å²) in [5.41, 5.74) is 6.21. The van der Waals surface area contributed by atoms with Crippen LogP contribution < -0.4 is 10.5 Å². The van der Waals surface area contributed by atoms with Crippen molar-refractivity contribution >= 4 is 46.8 Å². The number of aromatic nitrogens is 2. The van der Waals surface area contributed by atoms with Crippen molar-refractivity contribution in [1.29, 1.82) is 0 Å². The van der Waals surface area contributed by atoms with Crippen molar-refractivity contribution in [2.45, 2.75) is 29.9 Å². The molecular weight excluding hydrogens is 389 g/mol. The minimum Gasteiger partial charge on any atom is -0.479 e. The summed E-state index contributed by atoms with van der Waals surface area (Å²) in [5.74, 6) is -1.56. The van der Waals surface area contributed by atoms with Crippen LogP contribution in [0.5, 0.6) is 5.75 Å². The maximum absolute atomic E-state index is 11.7. The van der Waals surface area contributed by atoms with Crippen LogP contribution in [0.4, 0.5) is 0 Å². The predicted molar refractivity (Wildman–Crippen MR) is 94.8 cm³/mol. The van der Waals surface area contributed by atoms with Crippen LogP contribution in [0.1, 0.15) is 23.0 Å². The van der Waals surface area contributed by atoms with Gasteiger partial charge in [-0.15, -0.1) is 0 Å². The molecule has 1 aromatic heterocycles. The van der Waals surface area contributed by atoms with Crippen LogP contribution in [-0.2, 0) is 11.8 Å². The van der Waals surface area contributed by atoms with E-state index in [0.29, 0.717) is 26.2 Å². The highest BCUT2D eigenvalue weighted by Gasteiger charge is 2.22. The van der Waals surface area contributed by atoms with E-state index in [1.807, 2.05) is 0 Å². The molecule has 0 aliphatic rings. The van der Waals surface area contributed by atoms with Crippen molar-refractivity contribution in [3.63, 3.8) is 0 Å². The fourth-order valence-electron chi connectivity index (χ4n) is 2.06. The van der Waals surface area contributed by atoms with E-state index in [4.69, 9.17) is 38.8 Å². The fraction of sp³-hybridized carbons (Fsp3) is 0.267. The summed E-state index contributed by atoms with van der Waals surface area (Å²) in [6.07, 6.45) is -1.09. The number of hydrogen-bond acceptors (Lipinski definition) is 5. The van der Waals surface area contributed by atoms with E-state index in [0.717, 1.165) is 11.8 Å². The van der Waals surface area contributed by atoms with Gasteiger partial charge in [0.2, 0.25) is 0 Å². The van der Waals surface area contributed by atoms with Gasteiger partial charge in [0, 0.05) is 11.9 Å². The third-order valence-electron chi connectivity index (χ3n) is 3.26. The standard InChI is InChI=1S/C15H15Cl2N3O4S/c1-6-12(13(18)21)14(20(3)19-6)25-11-5-10(8(16)4-9(11)17)24-7(2)15(22)23/h4-5,7H,1-3H3,(H2,18,21)(H,22,23)/t7-/m0/s1. The Morgan fingerprint density at radius 1 is 1.36 bits per heavy atom. The minimum atomic E-state index is -1.13. The number of aliphatic carboxylic acids is 1. The molecule has 3 N–H and O–H groups in total. The van der Waals surface area contributed by atoms with Crippen LogP contribution in [0.25, 0.3) is 0 Å². The van der Waals surface area contributed by atoms with Gasteiger partial charge in [-0.1, -0.05) is 35.0 Å². The Morgan fingerprint density at radius 2 is 2.00 bits per heavy atom. The number of carbonyl (C=O) groups excluding carboxylic acids is 1. The number of carboxylic acid groups (broad SMARTS) is 1. The highest BCUT2D eigenvalue weighted by Crippen LogP contribution is 2.41. The van der Waals surface area contributed by atoms with Crippen molar-refractivity contribution in [2.24, 2.45) is 12.8 Å². The summed E-state index contributed by atoms with van der Waals surface area (Å²) in [5, 5.41) is 14.2. The number of amides is 1. The monoisotopic (exact) mass is 403 g/mol. The fourth-order valence-corrected chi connectivity index (χ4v) is 3.66. The zero-order valence-electron chi connectivity index (χ0n) is 13.5. The van der Waals surface area contributed by atoms with E-state index in [9.17, 15) is 9.59 Å². The molecule has 1 aromatic carbocycles. The van der Waals surface area contributed by atoms with Gasteiger partial charge in [0.1, 0.15) is 10.8 Å². The Kier molecular flexibility index (Phi) is 5.87. The first-order chi connectivity index (χ1) is 11.6. The number of halogens is 2. The molecule has 2 rings (SSSR count). The highest BCUT2D eigenvalue weighted by atomic mass is 35.5. The second kappa shape index (κ2) is 7.55. The smallest absolute Gasteiger partial charge is 0.344 e. The molecular formula is C15H15Cl2N3O4S. The van der Waals surface area contributed by atoms with Crippen molar-refractivity contribution in [1.82, 2.24) is 9.78 Å². The molecule has 7 nitrogen and oxygen atoms in total. The molecule has 25 heavy (non-hydrogen) atoms. The molecule has 0 fully saturated rings. The van der Waals surface area contributed by atoms with Crippen LogP contribution >= 0.6 is 35.0 Å². The Labute approximate surface area is 158 Å². The van der Waals surface area contributed by atoms with Crippen LogP contribution in [0, 0.1) is 6.92 Å². The van der Waals surface area contributed by atoms with Crippen molar-refractivity contribution in [2.75, 3.05) is 0 Å². The molecule has 134 valence electrons. The zero-order chi connectivity index (χ0) is 18.9. The highest BCUT2D eigenvalue weighted by molar-refractivity contribution is 7.99. The summed E-state index contributed by atoms with van der Waals surface area (Å²) >= 11 is 13.4. The molecule has 1 amide bonds. The van der Waals surface area contributed by atoms with E-state index in [-0.39, 0.29) is 10.8 Å². The number of benzene rings is 1. The van der Waals surface area contributed by atoms with Crippen molar-refractivity contribution < 1.29 is 19.4 Å². The van der Waals surface area contributed by atoms with E-state index in [1.165, 1.54) is 23.7 Å². The summed E-state index contributed by atoms with van der Waals surface area (Å²) in [7, 11) is 1.68. The quantitative estimate of drug-likeness (QED) is 0.766. The van der Waals surface area contributed by atoms with E-state index in [2.05, 4.69) is 5.10 Å². The average molecular weight is 404 g/mol. The van der Waals surface area contributed by atoms with Gasteiger partial charge in [-0.2, -0.15) is 5.10 Å². The summed E-state index contributed by atoms with van der Waals surface area (Å²) in [6, 6.07) is 2.96. The van der Waals surface area contributed by atoms with Gasteiger partial charge in [-0.05, 0) is 26.0 Å². The van der Waals surface area contributed by atoms with Crippen LogP contribution in [-0.4, -0.2) is 32.9 Å². The Bertz CT molecular complexity index is 854. The lowest BCUT2D eigenvalue weighted by Gasteiger charge is -2.14. The normalized spacial score (nSPS) is 12.0. The van der Waals surface area contributed by atoms with Crippen molar-refractivity contribution in [3.8, 4) is 5.75 Å². The Morgan fingerprint density at radius 3 is 2.56 bits per heavy atom. The van der Waals surface area contributed by atoms with Crippen LogP contribution in [0.3, 0.4) is 0 Å². The third kappa shape index (κ3) is 4.20. The maximum atomic E-state index is 11.7. The molecule has 0 aliphatic carbocycles. The largest absolute Gasteiger partial charge is 0.479 e. The van der Waals surface area contributed by atoms with Gasteiger partial charge in [0.15, 0.2) is 6.10 Å². The van der Waals surface area contributed by atoms with Crippen LogP contribution in [0.2, 0.25) is 10.0 Å². The van der Waals surface area contributed by atoms with Gasteiger partial charge < -0.3 is 15.6 Å². The topological polar surface area (TPSA) is 107 Å². The molecule has 0 radical (unpaired) electrons. The first kappa shape index (κ1) is 19.4. The van der Waals surface area contributed by atoms with E-state index >= 15 is 0 Å². The number of rotatable bonds is 6. The van der Waals surface area contributed by atoms with Crippen LogP contribution in [0.15, 0.2) is 22.1 Å². The molecule has 2 aromatic rings. The number of carboxylic acids is 1. The lowest BCUT2D eigenvalue weighted by Crippen LogP contribution is -2.23. The number of nitrogens with two attached hydrogens (primary N) is 1. The lowest BCUT2D eigenvalue weighted by molar-refractivity contribution is -0.144. The third-order valence-corrected chi connectivity index (χ3v) is 5.20. The Balaban J connectivity index is 2.44. The van der Waals surface area contributed by atoms with E-state index in [1.54, 1.807) is 14.0 Å². The number of ether oxygens (including phenoxy) is 1. The minimum absolute atomic E-state index is 0.169.